The Bertz CT molecular complexity index is 238. The van der Waals surface area contributed by atoms with Crippen molar-refractivity contribution < 1.29 is 9.53 Å². The molecule has 0 aromatic rings. The highest BCUT2D eigenvalue weighted by Gasteiger charge is 2.32. The number of carbonyl (C=O) groups is 1. The monoisotopic (exact) mass is 195 g/mol. The fourth-order valence-corrected chi connectivity index (χ4v) is 2.22. The zero-order chi connectivity index (χ0) is 9.97. The van der Waals surface area contributed by atoms with E-state index in [1.807, 2.05) is 6.08 Å². The number of carbonyl (C=O) groups excluding carboxylic acids is 1. The average Bonchev–Trinajstić information content (AvgIpc) is 2.45. The van der Waals surface area contributed by atoms with Gasteiger partial charge in [0, 0.05) is 19.6 Å². The maximum Gasteiger partial charge on any atom is 0.152 e. The van der Waals surface area contributed by atoms with Crippen LogP contribution in [-0.2, 0) is 9.53 Å². The first-order chi connectivity index (χ1) is 6.74. The lowest BCUT2D eigenvalue weighted by Crippen LogP contribution is -2.42. The Morgan fingerprint density at radius 2 is 2.07 bits per heavy atom. The molecule has 0 radical (unpaired) electrons. The third-order valence-corrected chi connectivity index (χ3v) is 2.84. The third kappa shape index (κ3) is 2.42. The molecule has 2 aliphatic heterocycles. The molecular weight excluding hydrogens is 178 g/mol. The van der Waals surface area contributed by atoms with Gasteiger partial charge in [-0.15, -0.1) is 0 Å². The summed E-state index contributed by atoms with van der Waals surface area (Å²) in [7, 11) is 0. The van der Waals surface area contributed by atoms with Crippen LogP contribution in [-0.4, -0.2) is 42.5 Å². The van der Waals surface area contributed by atoms with Crippen LogP contribution in [0.2, 0.25) is 0 Å². The Balaban J connectivity index is 1.79. The van der Waals surface area contributed by atoms with Gasteiger partial charge in [-0.1, -0.05) is 6.08 Å². The van der Waals surface area contributed by atoms with Gasteiger partial charge in [0.25, 0.3) is 0 Å². The van der Waals surface area contributed by atoms with Crippen LogP contribution in [0.1, 0.15) is 19.8 Å². The van der Waals surface area contributed by atoms with E-state index in [0.717, 1.165) is 19.6 Å². The van der Waals surface area contributed by atoms with Crippen molar-refractivity contribution in [3.8, 4) is 0 Å². The Morgan fingerprint density at radius 1 is 1.43 bits per heavy atom. The molecular formula is C11H17NO2. The van der Waals surface area contributed by atoms with Crippen molar-refractivity contribution in [2.45, 2.75) is 32.0 Å². The van der Waals surface area contributed by atoms with E-state index in [0.29, 0.717) is 12.2 Å². The number of hydrogen-bond donors (Lipinski definition) is 0. The molecule has 2 unspecified atom stereocenters. The molecule has 2 atom stereocenters. The lowest BCUT2D eigenvalue weighted by Gasteiger charge is -2.31. The zero-order valence-electron chi connectivity index (χ0n) is 8.61. The number of hydrogen-bond acceptors (Lipinski definition) is 3. The van der Waals surface area contributed by atoms with Crippen LogP contribution in [0.3, 0.4) is 0 Å². The average molecular weight is 195 g/mol. The van der Waals surface area contributed by atoms with E-state index >= 15 is 0 Å². The molecule has 0 aliphatic carbocycles. The molecule has 2 fully saturated rings. The van der Waals surface area contributed by atoms with Crippen molar-refractivity contribution in [3.63, 3.8) is 0 Å². The summed E-state index contributed by atoms with van der Waals surface area (Å²) >= 11 is 0. The lowest BCUT2D eigenvalue weighted by molar-refractivity contribution is -0.112. The van der Waals surface area contributed by atoms with Crippen LogP contribution in [0, 0.1) is 0 Å². The van der Waals surface area contributed by atoms with Gasteiger partial charge in [-0.25, -0.2) is 0 Å². The molecule has 2 saturated heterocycles. The number of fused-ring (bicyclic) bond motifs is 2. The van der Waals surface area contributed by atoms with E-state index in [-0.39, 0.29) is 5.78 Å². The Hall–Kier alpha value is -0.670. The van der Waals surface area contributed by atoms with Crippen molar-refractivity contribution in [2.24, 2.45) is 0 Å². The first-order valence-corrected chi connectivity index (χ1v) is 5.29. The van der Waals surface area contributed by atoms with Gasteiger partial charge in [0.2, 0.25) is 0 Å². The second-order valence-electron chi connectivity index (χ2n) is 4.19. The number of nitrogens with zero attached hydrogens (tertiary/aromatic N) is 1. The van der Waals surface area contributed by atoms with E-state index in [9.17, 15) is 4.79 Å². The van der Waals surface area contributed by atoms with Crippen LogP contribution < -0.4 is 0 Å². The number of morpholine rings is 1. The topological polar surface area (TPSA) is 29.5 Å². The summed E-state index contributed by atoms with van der Waals surface area (Å²) in [5.41, 5.74) is 0. The quantitative estimate of drug-likeness (QED) is 0.629. The Morgan fingerprint density at radius 3 is 2.64 bits per heavy atom. The van der Waals surface area contributed by atoms with E-state index < -0.39 is 0 Å². The fraction of sp³-hybridized carbons (Fsp3) is 0.727. The predicted octanol–water partition coefficient (Wildman–Crippen LogP) is 0.995. The van der Waals surface area contributed by atoms with E-state index in [2.05, 4.69) is 4.90 Å². The molecule has 0 N–H and O–H groups in total. The van der Waals surface area contributed by atoms with Gasteiger partial charge < -0.3 is 4.74 Å². The number of rotatable bonds is 3. The smallest absolute Gasteiger partial charge is 0.152 e. The van der Waals surface area contributed by atoms with Gasteiger partial charge in [0.1, 0.15) is 0 Å². The molecule has 2 bridgehead atoms. The van der Waals surface area contributed by atoms with Crippen LogP contribution in [0.4, 0.5) is 0 Å². The first-order valence-electron chi connectivity index (χ1n) is 5.29. The van der Waals surface area contributed by atoms with Crippen molar-refractivity contribution in [2.75, 3.05) is 19.6 Å². The summed E-state index contributed by atoms with van der Waals surface area (Å²) in [5.74, 6) is 0.126. The van der Waals surface area contributed by atoms with Crippen LogP contribution >= 0.6 is 0 Å². The van der Waals surface area contributed by atoms with Crippen molar-refractivity contribution in [1.29, 1.82) is 0 Å². The molecule has 2 rings (SSSR count). The molecule has 14 heavy (non-hydrogen) atoms. The van der Waals surface area contributed by atoms with Crippen LogP contribution in [0.5, 0.6) is 0 Å². The molecule has 3 nitrogen and oxygen atoms in total. The van der Waals surface area contributed by atoms with Crippen LogP contribution in [0.15, 0.2) is 12.2 Å². The number of ketones is 1. The van der Waals surface area contributed by atoms with Gasteiger partial charge in [0.05, 0.1) is 12.2 Å². The maximum absolute atomic E-state index is 10.7. The summed E-state index contributed by atoms with van der Waals surface area (Å²) in [6.45, 7) is 4.52. The summed E-state index contributed by atoms with van der Waals surface area (Å²) in [5, 5.41) is 0. The van der Waals surface area contributed by atoms with Gasteiger partial charge in [0.15, 0.2) is 5.78 Å². The zero-order valence-corrected chi connectivity index (χ0v) is 8.61. The van der Waals surface area contributed by atoms with E-state index in [1.54, 1.807) is 13.0 Å². The molecule has 2 heterocycles. The van der Waals surface area contributed by atoms with Crippen molar-refractivity contribution >= 4 is 5.78 Å². The highest BCUT2D eigenvalue weighted by atomic mass is 16.5. The van der Waals surface area contributed by atoms with Crippen molar-refractivity contribution in [1.82, 2.24) is 4.90 Å². The van der Waals surface area contributed by atoms with Gasteiger partial charge in [-0.05, 0) is 25.8 Å². The number of allylic oxidation sites excluding steroid dienone is 1. The second kappa shape index (κ2) is 4.24. The fourth-order valence-electron chi connectivity index (χ4n) is 2.22. The molecule has 0 spiro atoms. The molecule has 0 aromatic heterocycles. The first kappa shape index (κ1) is 9.87. The van der Waals surface area contributed by atoms with Crippen molar-refractivity contribution in [3.05, 3.63) is 12.2 Å². The normalized spacial score (nSPS) is 32.6. The minimum atomic E-state index is 0.126. The molecule has 0 amide bonds. The van der Waals surface area contributed by atoms with E-state index in [1.165, 1.54) is 12.8 Å². The summed E-state index contributed by atoms with van der Waals surface area (Å²) < 4.78 is 5.72. The predicted molar refractivity (Wildman–Crippen MR) is 54.2 cm³/mol. The highest BCUT2D eigenvalue weighted by molar-refractivity contribution is 5.87. The summed E-state index contributed by atoms with van der Waals surface area (Å²) in [6, 6.07) is 0. The van der Waals surface area contributed by atoms with Gasteiger partial charge in [-0.3, -0.25) is 9.69 Å². The number of ether oxygens (including phenoxy) is 1. The molecule has 2 aliphatic rings. The molecule has 3 heteroatoms. The largest absolute Gasteiger partial charge is 0.372 e. The molecule has 0 saturated carbocycles. The van der Waals surface area contributed by atoms with Gasteiger partial charge >= 0.3 is 0 Å². The van der Waals surface area contributed by atoms with E-state index in [4.69, 9.17) is 4.74 Å². The standard InChI is InChI=1S/C11H17NO2/c1-9(13)3-2-6-12-7-10-4-5-11(8-12)14-10/h2-3,10-11H,4-8H2,1H3/b3-2+. The molecule has 78 valence electrons. The second-order valence-corrected chi connectivity index (χ2v) is 4.19. The van der Waals surface area contributed by atoms with Crippen LogP contribution in [0.25, 0.3) is 0 Å². The highest BCUT2D eigenvalue weighted by Crippen LogP contribution is 2.25. The Kier molecular flexibility index (Phi) is 2.99. The number of likely N-dealkylation sites (tertiary alicyclic amines) is 1. The summed E-state index contributed by atoms with van der Waals surface area (Å²) in [6.07, 6.45) is 6.90. The third-order valence-electron chi connectivity index (χ3n) is 2.84. The summed E-state index contributed by atoms with van der Waals surface area (Å²) in [4.78, 5) is 13.1. The lowest BCUT2D eigenvalue weighted by atomic mass is 10.2. The minimum Gasteiger partial charge on any atom is -0.372 e. The molecule has 0 aromatic carbocycles. The maximum atomic E-state index is 10.7. The SMILES string of the molecule is CC(=O)/C=C/CN1CC2CCC(C1)O2. The minimum absolute atomic E-state index is 0.126. The Labute approximate surface area is 84.7 Å². The van der Waals surface area contributed by atoms with Gasteiger partial charge in [-0.2, -0.15) is 0 Å².